The van der Waals surface area contributed by atoms with Crippen LogP contribution in [0.25, 0.3) is 0 Å². The molecule has 0 bridgehead atoms. The van der Waals surface area contributed by atoms with Crippen molar-refractivity contribution in [1.82, 2.24) is 5.32 Å². The van der Waals surface area contributed by atoms with Crippen LogP contribution in [0.5, 0.6) is 5.75 Å². The predicted molar refractivity (Wildman–Crippen MR) is 80.5 cm³/mol. The van der Waals surface area contributed by atoms with E-state index in [0.717, 1.165) is 29.2 Å². The van der Waals surface area contributed by atoms with E-state index in [1.54, 1.807) is 25.8 Å². The first-order valence-corrected chi connectivity index (χ1v) is 7.80. The maximum absolute atomic E-state index is 11.4. The van der Waals surface area contributed by atoms with Crippen LogP contribution in [-0.4, -0.2) is 35.5 Å². The van der Waals surface area contributed by atoms with Gasteiger partial charge in [-0.1, -0.05) is 0 Å². The highest BCUT2D eigenvalue weighted by molar-refractivity contribution is 7.99. The third-order valence-electron chi connectivity index (χ3n) is 3.50. The summed E-state index contributed by atoms with van der Waals surface area (Å²) in [7, 11) is 1.64. The number of hydrogen-bond acceptors (Lipinski definition) is 4. The van der Waals surface area contributed by atoms with E-state index in [-0.39, 0.29) is 0 Å². The standard InChI is InChI=1S/C15H21NO3S/c1-15(14(17)18,16-11-3-4-11)9-10-20-13-7-5-12(19-2)6-8-13/h5-8,11,16H,3-4,9-10H2,1-2H3,(H,17,18). The Morgan fingerprint density at radius 2 is 2.10 bits per heavy atom. The highest BCUT2D eigenvalue weighted by Gasteiger charge is 2.37. The molecule has 1 aliphatic rings. The van der Waals surface area contributed by atoms with Crippen molar-refractivity contribution in [1.29, 1.82) is 0 Å². The molecule has 2 rings (SSSR count). The number of thioether (sulfide) groups is 1. The number of carbonyl (C=O) groups is 1. The van der Waals surface area contributed by atoms with Crippen LogP contribution in [0.4, 0.5) is 0 Å². The van der Waals surface area contributed by atoms with Crippen molar-refractivity contribution in [3.63, 3.8) is 0 Å². The minimum Gasteiger partial charge on any atom is -0.497 e. The highest BCUT2D eigenvalue weighted by atomic mass is 32.2. The van der Waals surface area contributed by atoms with Gasteiger partial charge < -0.3 is 9.84 Å². The normalized spacial score (nSPS) is 17.5. The summed E-state index contributed by atoms with van der Waals surface area (Å²) in [6.45, 7) is 1.78. The predicted octanol–water partition coefficient (Wildman–Crippen LogP) is 2.77. The van der Waals surface area contributed by atoms with Crippen LogP contribution in [0.1, 0.15) is 26.2 Å². The zero-order valence-corrected chi connectivity index (χ0v) is 12.7. The van der Waals surface area contributed by atoms with E-state index in [9.17, 15) is 9.90 Å². The van der Waals surface area contributed by atoms with Gasteiger partial charge in [0.1, 0.15) is 11.3 Å². The van der Waals surface area contributed by atoms with Crippen molar-refractivity contribution in [2.45, 2.75) is 42.7 Å². The maximum Gasteiger partial charge on any atom is 0.323 e. The van der Waals surface area contributed by atoms with Gasteiger partial charge in [0.15, 0.2) is 0 Å². The average Bonchev–Trinajstić information content (AvgIpc) is 3.23. The third kappa shape index (κ3) is 4.15. The monoisotopic (exact) mass is 295 g/mol. The minimum absolute atomic E-state index is 0.391. The van der Waals surface area contributed by atoms with Crippen molar-refractivity contribution in [3.8, 4) is 5.75 Å². The van der Waals surface area contributed by atoms with Crippen molar-refractivity contribution >= 4 is 17.7 Å². The molecule has 1 aliphatic carbocycles. The van der Waals surface area contributed by atoms with Gasteiger partial charge >= 0.3 is 5.97 Å². The summed E-state index contributed by atoms with van der Waals surface area (Å²) in [5, 5.41) is 12.6. The molecule has 1 saturated carbocycles. The van der Waals surface area contributed by atoms with Gasteiger partial charge in [-0.15, -0.1) is 11.8 Å². The van der Waals surface area contributed by atoms with Crippen molar-refractivity contribution in [3.05, 3.63) is 24.3 Å². The lowest BCUT2D eigenvalue weighted by Gasteiger charge is -2.26. The SMILES string of the molecule is COc1ccc(SCCC(C)(NC2CC2)C(=O)O)cc1. The Hall–Kier alpha value is -1.20. The first-order valence-electron chi connectivity index (χ1n) is 6.81. The summed E-state index contributed by atoms with van der Waals surface area (Å²) >= 11 is 1.67. The molecule has 1 atom stereocenters. The van der Waals surface area contributed by atoms with Gasteiger partial charge in [-0.3, -0.25) is 10.1 Å². The maximum atomic E-state index is 11.4. The van der Waals surface area contributed by atoms with Crippen LogP contribution in [-0.2, 0) is 4.79 Å². The zero-order chi connectivity index (χ0) is 14.6. The van der Waals surface area contributed by atoms with Crippen LogP contribution >= 0.6 is 11.8 Å². The lowest BCUT2D eigenvalue weighted by Crippen LogP contribution is -2.50. The molecule has 0 heterocycles. The van der Waals surface area contributed by atoms with E-state index >= 15 is 0 Å². The third-order valence-corrected chi connectivity index (χ3v) is 4.52. The summed E-state index contributed by atoms with van der Waals surface area (Å²) in [5.74, 6) is 0.842. The topological polar surface area (TPSA) is 58.6 Å². The molecule has 4 nitrogen and oxygen atoms in total. The van der Waals surface area contributed by atoms with E-state index in [2.05, 4.69) is 5.32 Å². The second kappa shape index (κ2) is 6.50. The van der Waals surface area contributed by atoms with Gasteiger partial charge in [0.25, 0.3) is 0 Å². The lowest BCUT2D eigenvalue weighted by atomic mass is 9.99. The Bertz CT molecular complexity index is 459. The molecule has 1 fully saturated rings. The molecule has 1 aromatic carbocycles. The quantitative estimate of drug-likeness (QED) is 0.722. The molecular weight excluding hydrogens is 274 g/mol. The number of methoxy groups -OCH3 is 1. The zero-order valence-electron chi connectivity index (χ0n) is 11.9. The van der Waals surface area contributed by atoms with E-state index < -0.39 is 11.5 Å². The van der Waals surface area contributed by atoms with Crippen molar-refractivity contribution < 1.29 is 14.6 Å². The molecule has 0 aliphatic heterocycles. The number of ether oxygens (including phenoxy) is 1. The Kier molecular flexibility index (Phi) is 4.94. The fourth-order valence-corrected chi connectivity index (χ4v) is 3.04. The number of carboxylic acids is 1. The number of carboxylic acid groups (broad SMARTS) is 1. The summed E-state index contributed by atoms with van der Waals surface area (Å²) in [6.07, 6.45) is 2.79. The fourth-order valence-electron chi connectivity index (χ4n) is 1.96. The van der Waals surface area contributed by atoms with Gasteiger partial charge in [-0.25, -0.2) is 0 Å². The van der Waals surface area contributed by atoms with E-state index in [0.29, 0.717) is 12.5 Å². The molecule has 5 heteroatoms. The molecule has 0 spiro atoms. The summed E-state index contributed by atoms with van der Waals surface area (Å²) in [6, 6.07) is 8.22. The molecule has 0 aromatic heterocycles. The molecule has 20 heavy (non-hydrogen) atoms. The largest absolute Gasteiger partial charge is 0.497 e. The number of nitrogens with one attached hydrogen (secondary N) is 1. The molecule has 2 N–H and O–H groups in total. The van der Waals surface area contributed by atoms with E-state index in [1.165, 1.54) is 0 Å². The Morgan fingerprint density at radius 3 is 2.60 bits per heavy atom. The highest BCUT2D eigenvalue weighted by Crippen LogP contribution is 2.27. The van der Waals surface area contributed by atoms with Crippen molar-refractivity contribution in [2.75, 3.05) is 12.9 Å². The Morgan fingerprint density at radius 1 is 1.45 bits per heavy atom. The van der Waals surface area contributed by atoms with Gasteiger partial charge in [0.05, 0.1) is 7.11 Å². The second-order valence-corrected chi connectivity index (χ2v) is 6.50. The van der Waals surface area contributed by atoms with Crippen LogP contribution in [0, 0.1) is 0 Å². The molecule has 1 aromatic rings. The summed E-state index contributed by atoms with van der Waals surface area (Å²) in [4.78, 5) is 12.6. The van der Waals surface area contributed by atoms with Crippen LogP contribution in [0.3, 0.4) is 0 Å². The minimum atomic E-state index is -0.819. The number of benzene rings is 1. The summed E-state index contributed by atoms with van der Waals surface area (Å²) in [5.41, 5.74) is -0.819. The van der Waals surface area contributed by atoms with Crippen LogP contribution < -0.4 is 10.1 Å². The number of hydrogen-bond donors (Lipinski definition) is 2. The van der Waals surface area contributed by atoms with Gasteiger partial charge in [-0.2, -0.15) is 0 Å². The summed E-state index contributed by atoms with van der Waals surface area (Å²) < 4.78 is 5.11. The molecular formula is C15H21NO3S. The number of aliphatic carboxylic acids is 1. The Balaban J connectivity index is 1.84. The Labute approximate surface area is 123 Å². The fraction of sp³-hybridized carbons (Fsp3) is 0.533. The molecule has 0 amide bonds. The lowest BCUT2D eigenvalue weighted by molar-refractivity contribution is -0.144. The van der Waals surface area contributed by atoms with E-state index in [1.807, 2.05) is 24.3 Å². The van der Waals surface area contributed by atoms with Crippen LogP contribution in [0.2, 0.25) is 0 Å². The molecule has 0 saturated heterocycles. The van der Waals surface area contributed by atoms with Gasteiger partial charge in [-0.05, 0) is 50.5 Å². The smallest absolute Gasteiger partial charge is 0.323 e. The van der Waals surface area contributed by atoms with E-state index in [4.69, 9.17) is 4.74 Å². The van der Waals surface area contributed by atoms with Gasteiger partial charge in [0, 0.05) is 16.7 Å². The van der Waals surface area contributed by atoms with Crippen LogP contribution in [0.15, 0.2) is 29.2 Å². The molecule has 110 valence electrons. The van der Waals surface area contributed by atoms with Gasteiger partial charge in [0.2, 0.25) is 0 Å². The number of rotatable bonds is 8. The first kappa shape index (κ1) is 15.2. The van der Waals surface area contributed by atoms with Crippen molar-refractivity contribution in [2.24, 2.45) is 0 Å². The molecule has 1 unspecified atom stereocenters. The average molecular weight is 295 g/mol. The molecule has 0 radical (unpaired) electrons. The first-order chi connectivity index (χ1) is 9.53. The second-order valence-electron chi connectivity index (χ2n) is 5.33.